The fourth-order valence-electron chi connectivity index (χ4n) is 3.62. The minimum absolute atomic E-state index is 0.280. The van der Waals surface area contributed by atoms with E-state index in [4.69, 9.17) is 10.5 Å². The minimum Gasteiger partial charge on any atom is -0.437 e. The van der Waals surface area contributed by atoms with E-state index >= 15 is 0 Å². The van der Waals surface area contributed by atoms with Crippen molar-refractivity contribution in [3.8, 4) is 11.6 Å². The maximum atomic E-state index is 13.5. The lowest BCUT2D eigenvalue weighted by molar-refractivity contribution is -0.133. The van der Waals surface area contributed by atoms with Gasteiger partial charge < -0.3 is 10.5 Å². The molecule has 10 heteroatoms. The molecule has 2 aromatic carbocycles. The van der Waals surface area contributed by atoms with Gasteiger partial charge in [-0.15, -0.1) is 0 Å². The lowest BCUT2D eigenvalue weighted by atomic mass is 10.0. The fourth-order valence-corrected chi connectivity index (χ4v) is 3.94. The van der Waals surface area contributed by atoms with E-state index in [-0.39, 0.29) is 5.88 Å². The number of hydrogen-bond donors (Lipinski definition) is 1. The molecule has 1 aliphatic rings. The Morgan fingerprint density at radius 2 is 1.65 bits per heavy atom. The van der Waals surface area contributed by atoms with Crippen molar-refractivity contribution < 1.29 is 18.7 Å². The molecular weight excluding hydrogens is 505 g/mol. The first-order valence-electron chi connectivity index (χ1n) is 10.3. The molecule has 2 N–H and O–H groups in total. The van der Waals surface area contributed by atoms with Crippen LogP contribution in [0.1, 0.15) is 12.8 Å². The highest BCUT2D eigenvalue weighted by atomic mass is 79.9. The second-order valence-corrected chi connectivity index (χ2v) is 8.78. The highest BCUT2D eigenvalue weighted by Crippen LogP contribution is 2.49. The van der Waals surface area contributed by atoms with Crippen molar-refractivity contribution in [2.24, 2.45) is 11.1 Å². The average molecular weight is 522 g/mol. The Morgan fingerprint density at radius 3 is 2.26 bits per heavy atom. The normalized spacial score (nSPS) is 13.9. The maximum absolute atomic E-state index is 13.5. The van der Waals surface area contributed by atoms with E-state index in [0.29, 0.717) is 41.0 Å². The van der Waals surface area contributed by atoms with Crippen LogP contribution in [0.15, 0.2) is 71.6 Å². The Morgan fingerprint density at radius 1 is 1.00 bits per heavy atom. The smallest absolute Gasteiger partial charge is 0.249 e. The predicted octanol–water partition coefficient (Wildman–Crippen LogP) is 4.65. The quantitative estimate of drug-likeness (QED) is 0.369. The summed E-state index contributed by atoms with van der Waals surface area (Å²) in [4.78, 5) is 39.4. The van der Waals surface area contributed by atoms with Crippen LogP contribution >= 0.6 is 15.9 Å². The van der Waals surface area contributed by atoms with Crippen molar-refractivity contribution in [2.45, 2.75) is 12.8 Å². The van der Waals surface area contributed by atoms with Gasteiger partial charge in [0.2, 0.25) is 17.7 Å². The van der Waals surface area contributed by atoms with Gasteiger partial charge in [0.1, 0.15) is 23.3 Å². The molecule has 170 valence electrons. The summed E-state index contributed by atoms with van der Waals surface area (Å²) in [5.41, 5.74) is 6.29. The molecule has 34 heavy (non-hydrogen) atoms. The monoisotopic (exact) mass is 521 g/mol. The number of primary amides is 1. The summed E-state index contributed by atoms with van der Waals surface area (Å²) in [5, 5.41) is 0. The van der Waals surface area contributed by atoms with Crippen LogP contribution in [0.2, 0.25) is 0 Å². The number of carbonyl (C=O) groups is 2. The lowest BCUT2D eigenvalue weighted by Crippen LogP contribution is -2.41. The largest absolute Gasteiger partial charge is 0.437 e. The van der Waals surface area contributed by atoms with Gasteiger partial charge in [-0.2, -0.15) is 4.98 Å². The second kappa shape index (κ2) is 8.45. The Hall–Kier alpha value is -3.92. The minimum atomic E-state index is -1.25. The molecule has 1 fully saturated rings. The van der Waals surface area contributed by atoms with Crippen LogP contribution in [-0.4, -0.2) is 26.8 Å². The molecule has 5 rings (SSSR count). The van der Waals surface area contributed by atoms with Crippen molar-refractivity contribution in [1.82, 2.24) is 15.0 Å². The molecule has 0 atom stereocenters. The zero-order valence-electron chi connectivity index (χ0n) is 17.6. The molecule has 0 saturated heterocycles. The molecule has 4 aromatic rings. The van der Waals surface area contributed by atoms with Crippen LogP contribution in [0.25, 0.3) is 11.0 Å². The number of aromatic nitrogens is 3. The van der Waals surface area contributed by atoms with Crippen molar-refractivity contribution in [2.75, 3.05) is 4.90 Å². The number of nitrogens with zero attached hydrogens (tertiary/aromatic N) is 4. The third-order valence-corrected chi connectivity index (χ3v) is 6.07. The molecule has 1 saturated carbocycles. The summed E-state index contributed by atoms with van der Waals surface area (Å²) < 4.78 is 20.2. The molecule has 0 spiro atoms. The van der Waals surface area contributed by atoms with Gasteiger partial charge >= 0.3 is 0 Å². The topological polar surface area (TPSA) is 111 Å². The zero-order valence-corrected chi connectivity index (χ0v) is 19.2. The average Bonchev–Trinajstić information content (AvgIpc) is 3.64. The summed E-state index contributed by atoms with van der Waals surface area (Å²) in [6.07, 6.45) is 3.77. The number of nitrogens with two attached hydrogens (primary N) is 1. The molecular formula is C24H17BrFN5O3. The van der Waals surface area contributed by atoms with Crippen molar-refractivity contribution in [3.63, 3.8) is 0 Å². The molecule has 2 amide bonds. The molecule has 8 nitrogen and oxygen atoms in total. The van der Waals surface area contributed by atoms with Gasteiger partial charge in [-0.1, -0.05) is 0 Å². The van der Waals surface area contributed by atoms with Crippen molar-refractivity contribution >= 4 is 50.2 Å². The molecule has 0 radical (unpaired) electrons. The Bertz CT molecular complexity index is 1410. The van der Waals surface area contributed by atoms with Gasteiger partial charge in [-0.3, -0.25) is 14.5 Å². The third kappa shape index (κ3) is 3.96. The standard InChI is InChI=1S/C24H17BrFN5O3/c25-14-11-19-20(28-12-14)21(30-13-29-19)34-18-7-5-17(6-8-18)31(16-3-1-15(26)2-4-16)23(33)24(9-10-24)22(27)32/h1-8,11-13H,9-10H2,(H2,27,32). The molecule has 0 bridgehead atoms. The van der Waals surface area contributed by atoms with E-state index < -0.39 is 23.0 Å². The van der Waals surface area contributed by atoms with E-state index in [0.717, 1.165) is 4.47 Å². The Balaban J connectivity index is 1.48. The van der Waals surface area contributed by atoms with E-state index in [1.165, 1.54) is 35.5 Å². The number of amides is 2. The SMILES string of the molecule is NC(=O)C1(C(=O)N(c2ccc(F)cc2)c2ccc(Oc3ncnc4cc(Br)cnc34)cc2)CC1. The molecule has 2 heterocycles. The first-order valence-corrected chi connectivity index (χ1v) is 11.1. The number of hydrogen-bond acceptors (Lipinski definition) is 6. The van der Waals surface area contributed by atoms with Crippen LogP contribution in [0.3, 0.4) is 0 Å². The van der Waals surface area contributed by atoms with E-state index in [1.807, 2.05) is 0 Å². The van der Waals surface area contributed by atoms with Crippen LogP contribution in [0.5, 0.6) is 11.6 Å². The summed E-state index contributed by atoms with van der Waals surface area (Å²) in [6, 6.07) is 13.9. The number of carbonyl (C=O) groups excluding carboxylic acids is 2. The number of anilines is 2. The highest BCUT2D eigenvalue weighted by Gasteiger charge is 2.57. The predicted molar refractivity (Wildman–Crippen MR) is 126 cm³/mol. The highest BCUT2D eigenvalue weighted by molar-refractivity contribution is 9.10. The van der Waals surface area contributed by atoms with Gasteiger partial charge in [0, 0.05) is 22.0 Å². The number of fused-ring (bicyclic) bond motifs is 1. The summed E-state index contributed by atoms with van der Waals surface area (Å²) >= 11 is 3.36. The van der Waals surface area contributed by atoms with Gasteiger partial charge in [0.25, 0.3) is 0 Å². The van der Waals surface area contributed by atoms with Crippen LogP contribution in [0, 0.1) is 11.2 Å². The summed E-state index contributed by atoms with van der Waals surface area (Å²) in [6.45, 7) is 0. The number of ether oxygens (including phenoxy) is 1. The second-order valence-electron chi connectivity index (χ2n) is 7.86. The first-order chi connectivity index (χ1) is 16.4. The number of benzene rings is 2. The van der Waals surface area contributed by atoms with E-state index in [9.17, 15) is 14.0 Å². The van der Waals surface area contributed by atoms with Crippen LogP contribution < -0.4 is 15.4 Å². The summed E-state index contributed by atoms with van der Waals surface area (Å²) in [7, 11) is 0. The molecule has 2 aromatic heterocycles. The van der Waals surface area contributed by atoms with Gasteiger partial charge in [-0.25, -0.2) is 14.4 Å². The molecule has 1 aliphatic carbocycles. The molecule has 0 aliphatic heterocycles. The van der Waals surface area contributed by atoms with Gasteiger partial charge in [0.15, 0.2) is 5.52 Å². The Kier molecular flexibility index (Phi) is 5.45. The molecule has 0 unspecified atom stereocenters. The third-order valence-electron chi connectivity index (χ3n) is 5.64. The van der Waals surface area contributed by atoms with Gasteiger partial charge in [-0.05, 0) is 83.4 Å². The number of pyridine rings is 1. The summed E-state index contributed by atoms with van der Waals surface area (Å²) in [5.74, 6) is -0.816. The zero-order chi connectivity index (χ0) is 23.9. The van der Waals surface area contributed by atoms with E-state index in [2.05, 4.69) is 30.9 Å². The number of halogens is 2. The maximum Gasteiger partial charge on any atom is 0.249 e. The first kappa shape index (κ1) is 21.9. The van der Waals surface area contributed by atoms with Crippen LogP contribution in [-0.2, 0) is 9.59 Å². The van der Waals surface area contributed by atoms with Crippen molar-refractivity contribution in [3.05, 3.63) is 77.4 Å². The number of rotatable bonds is 6. The van der Waals surface area contributed by atoms with Gasteiger partial charge in [0.05, 0.1) is 5.52 Å². The lowest BCUT2D eigenvalue weighted by Gasteiger charge is -2.26. The fraction of sp³-hybridized carbons (Fsp3) is 0.125. The van der Waals surface area contributed by atoms with Crippen molar-refractivity contribution in [1.29, 1.82) is 0 Å². The Labute approximate surface area is 201 Å². The van der Waals surface area contributed by atoms with Crippen LogP contribution in [0.4, 0.5) is 15.8 Å². The van der Waals surface area contributed by atoms with E-state index in [1.54, 1.807) is 36.5 Å².